The van der Waals surface area contributed by atoms with Gasteiger partial charge in [0, 0.05) is 5.54 Å². The maximum absolute atomic E-state index is 12.5. The second-order valence-electron chi connectivity index (χ2n) is 7.61. The molecule has 3 amide bonds. The number of carbonyl (C=O) groups excluding carboxylic acids is 3. The van der Waals surface area contributed by atoms with Gasteiger partial charge in [0.15, 0.2) is 0 Å². The maximum Gasteiger partial charge on any atom is 0.417 e. The van der Waals surface area contributed by atoms with Crippen molar-refractivity contribution in [1.29, 1.82) is 0 Å². The lowest BCUT2D eigenvalue weighted by Crippen LogP contribution is -2.44. The largest absolute Gasteiger partial charge is 0.480 e. The molecule has 30 heavy (non-hydrogen) atoms. The Balaban J connectivity index is 1.57. The van der Waals surface area contributed by atoms with Gasteiger partial charge in [0.25, 0.3) is 0 Å². The van der Waals surface area contributed by atoms with E-state index in [4.69, 9.17) is 4.74 Å². The number of rotatable bonds is 7. The number of aliphatic hydroxyl groups is 1. The molecule has 2 fully saturated rings. The average molecular weight is 420 g/mol. The van der Waals surface area contributed by atoms with Crippen LogP contribution in [0.4, 0.5) is 9.59 Å². The zero-order valence-corrected chi connectivity index (χ0v) is 16.4. The number of alkyl carbamates (subject to hydrolysis) is 1. The summed E-state index contributed by atoms with van der Waals surface area (Å²) >= 11 is 0. The zero-order chi connectivity index (χ0) is 21.9. The molecule has 1 heterocycles. The Morgan fingerprint density at radius 1 is 1.27 bits per heavy atom. The van der Waals surface area contributed by atoms with Crippen molar-refractivity contribution in [2.45, 2.75) is 50.0 Å². The van der Waals surface area contributed by atoms with Crippen LogP contribution in [0.5, 0.6) is 0 Å². The minimum Gasteiger partial charge on any atom is -0.480 e. The van der Waals surface area contributed by atoms with Gasteiger partial charge in [-0.05, 0) is 31.2 Å². The number of methoxy groups -OCH3 is 1. The van der Waals surface area contributed by atoms with E-state index < -0.39 is 47.7 Å². The monoisotopic (exact) mass is 420 g/mol. The number of ether oxygens (including phenoxy) is 2. The number of carboxylic acids is 1. The van der Waals surface area contributed by atoms with Crippen molar-refractivity contribution in [3.63, 3.8) is 0 Å². The van der Waals surface area contributed by atoms with Crippen LogP contribution < -0.4 is 5.32 Å². The minimum absolute atomic E-state index is 0.0468. The topological polar surface area (TPSA) is 142 Å². The van der Waals surface area contributed by atoms with E-state index in [1.54, 1.807) is 0 Å². The van der Waals surface area contributed by atoms with Gasteiger partial charge in [-0.2, -0.15) is 0 Å². The fraction of sp³-hybridized carbons (Fsp3) is 0.500. The summed E-state index contributed by atoms with van der Waals surface area (Å²) in [5.74, 6) is -3.23. The SMILES string of the molecule is COC(=O)N1C(=O)C(C(O)CC2(NC(=O)OCc3ccccc3)CC2)C[C@H]1C(=O)O. The molecule has 3 atom stereocenters. The number of carbonyl (C=O) groups is 4. The predicted molar refractivity (Wildman–Crippen MR) is 101 cm³/mol. The molecule has 2 unspecified atom stereocenters. The lowest BCUT2D eigenvalue weighted by atomic mass is 9.92. The van der Waals surface area contributed by atoms with E-state index >= 15 is 0 Å². The molecule has 0 spiro atoms. The number of carboxylic acid groups (broad SMARTS) is 1. The van der Waals surface area contributed by atoms with Crippen molar-refractivity contribution >= 4 is 24.1 Å². The summed E-state index contributed by atoms with van der Waals surface area (Å²) in [5.41, 5.74) is 0.113. The number of benzene rings is 1. The number of aliphatic hydroxyl groups excluding tert-OH is 1. The summed E-state index contributed by atoms with van der Waals surface area (Å²) in [6.07, 6.45) is -1.94. The van der Waals surface area contributed by atoms with Crippen LogP contribution in [0.1, 0.15) is 31.2 Å². The molecular formula is C20H24N2O8. The van der Waals surface area contributed by atoms with Crippen molar-refractivity contribution in [1.82, 2.24) is 10.2 Å². The first-order valence-electron chi connectivity index (χ1n) is 9.57. The predicted octanol–water partition coefficient (Wildman–Crippen LogP) is 1.26. The number of amides is 3. The number of imide groups is 1. The van der Waals surface area contributed by atoms with Crippen LogP contribution in [0, 0.1) is 5.92 Å². The van der Waals surface area contributed by atoms with Gasteiger partial charge in [-0.15, -0.1) is 0 Å². The molecule has 1 saturated heterocycles. The van der Waals surface area contributed by atoms with Gasteiger partial charge >= 0.3 is 18.2 Å². The molecule has 3 rings (SSSR count). The Bertz CT molecular complexity index is 823. The highest BCUT2D eigenvalue weighted by molar-refractivity contribution is 6.00. The van der Waals surface area contributed by atoms with Gasteiger partial charge in [0.1, 0.15) is 12.6 Å². The third kappa shape index (κ3) is 4.70. The first kappa shape index (κ1) is 21.6. The summed E-state index contributed by atoms with van der Waals surface area (Å²) in [6.45, 7) is 0.0980. The highest BCUT2D eigenvalue weighted by Crippen LogP contribution is 2.42. The Hall–Kier alpha value is -3.14. The Morgan fingerprint density at radius 3 is 2.50 bits per heavy atom. The van der Waals surface area contributed by atoms with Crippen molar-refractivity contribution in [2.24, 2.45) is 5.92 Å². The molecule has 10 heteroatoms. The van der Waals surface area contributed by atoms with Crippen LogP contribution in [0.3, 0.4) is 0 Å². The minimum atomic E-state index is -1.40. The highest BCUT2D eigenvalue weighted by atomic mass is 16.6. The van der Waals surface area contributed by atoms with Gasteiger partial charge in [0.2, 0.25) is 5.91 Å². The Morgan fingerprint density at radius 2 is 1.93 bits per heavy atom. The van der Waals surface area contributed by atoms with Crippen LogP contribution in [-0.4, -0.2) is 64.0 Å². The Labute approximate surface area is 172 Å². The lowest BCUT2D eigenvalue weighted by molar-refractivity contribution is -0.145. The molecule has 0 aromatic heterocycles. The van der Waals surface area contributed by atoms with Crippen molar-refractivity contribution in [3.8, 4) is 0 Å². The molecule has 0 bridgehead atoms. The van der Waals surface area contributed by atoms with E-state index in [-0.39, 0.29) is 19.4 Å². The second-order valence-corrected chi connectivity index (χ2v) is 7.61. The summed E-state index contributed by atoms with van der Waals surface area (Å²) in [7, 11) is 1.04. The average Bonchev–Trinajstić information content (AvgIpc) is 3.37. The molecule has 162 valence electrons. The number of nitrogens with one attached hydrogen (secondary N) is 1. The number of likely N-dealkylation sites (tertiary alicyclic amines) is 1. The van der Waals surface area contributed by atoms with E-state index in [2.05, 4.69) is 10.1 Å². The summed E-state index contributed by atoms with van der Waals surface area (Å²) in [5, 5.41) is 22.6. The highest BCUT2D eigenvalue weighted by Gasteiger charge is 2.53. The molecule has 2 aliphatic rings. The molecule has 1 aliphatic heterocycles. The summed E-state index contributed by atoms with van der Waals surface area (Å²) in [4.78, 5) is 48.4. The van der Waals surface area contributed by atoms with E-state index in [0.717, 1.165) is 12.7 Å². The van der Waals surface area contributed by atoms with E-state index in [1.165, 1.54) is 0 Å². The van der Waals surface area contributed by atoms with Crippen molar-refractivity contribution < 1.29 is 38.9 Å². The summed E-state index contributed by atoms with van der Waals surface area (Å²) < 4.78 is 9.69. The maximum atomic E-state index is 12.5. The second kappa shape index (κ2) is 8.70. The first-order chi connectivity index (χ1) is 14.3. The van der Waals surface area contributed by atoms with Crippen LogP contribution in [-0.2, 0) is 25.7 Å². The third-order valence-corrected chi connectivity index (χ3v) is 5.50. The smallest absolute Gasteiger partial charge is 0.417 e. The van der Waals surface area contributed by atoms with Crippen LogP contribution >= 0.6 is 0 Å². The number of nitrogens with zero attached hydrogens (tertiary/aromatic N) is 1. The lowest BCUT2D eigenvalue weighted by Gasteiger charge is -2.23. The van der Waals surface area contributed by atoms with Crippen molar-refractivity contribution in [2.75, 3.05) is 7.11 Å². The van der Waals surface area contributed by atoms with Gasteiger partial charge in [-0.1, -0.05) is 30.3 Å². The van der Waals surface area contributed by atoms with Gasteiger partial charge in [-0.25, -0.2) is 19.3 Å². The molecule has 1 saturated carbocycles. The van der Waals surface area contributed by atoms with E-state index in [0.29, 0.717) is 17.7 Å². The van der Waals surface area contributed by atoms with Gasteiger partial charge in [0.05, 0.1) is 19.1 Å². The molecule has 0 radical (unpaired) electrons. The normalized spacial score (nSPS) is 22.9. The molecule has 1 aromatic carbocycles. The number of hydrogen-bond acceptors (Lipinski definition) is 7. The molecule has 1 aliphatic carbocycles. The molecule has 1 aromatic rings. The molecule has 10 nitrogen and oxygen atoms in total. The van der Waals surface area contributed by atoms with Crippen LogP contribution in [0.2, 0.25) is 0 Å². The third-order valence-electron chi connectivity index (χ3n) is 5.50. The summed E-state index contributed by atoms with van der Waals surface area (Å²) in [6, 6.07) is 7.75. The van der Waals surface area contributed by atoms with Crippen molar-refractivity contribution in [3.05, 3.63) is 35.9 Å². The number of hydrogen-bond donors (Lipinski definition) is 3. The van der Waals surface area contributed by atoms with E-state index in [9.17, 15) is 29.4 Å². The first-order valence-corrected chi connectivity index (χ1v) is 9.57. The van der Waals surface area contributed by atoms with Gasteiger partial charge < -0.3 is 25.0 Å². The molecule has 3 N–H and O–H groups in total. The Kier molecular flexibility index (Phi) is 6.25. The van der Waals surface area contributed by atoms with Crippen LogP contribution in [0.15, 0.2) is 30.3 Å². The fourth-order valence-electron chi connectivity index (χ4n) is 3.68. The molecular weight excluding hydrogens is 396 g/mol. The fourth-order valence-corrected chi connectivity index (χ4v) is 3.68. The zero-order valence-electron chi connectivity index (χ0n) is 16.4. The van der Waals surface area contributed by atoms with E-state index in [1.807, 2.05) is 30.3 Å². The standard InChI is InChI=1S/C20H24N2O8/c1-29-19(28)22-14(17(25)26)9-13(16(22)24)15(23)10-20(7-8-20)21-18(27)30-11-12-5-3-2-4-6-12/h2-6,13-15,23H,7-11H2,1H3,(H,21,27)(H,25,26)/t13?,14-,15?/m0/s1. The van der Waals surface area contributed by atoms with Gasteiger partial charge in [-0.3, -0.25) is 4.79 Å². The van der Waals surface area contributed by atoms with Crippen LogP contribution in [0.25, 0.3) is 0 Å². The quantitative estimate of drug-likeness (QED) is 0.598. The number of aliphatic carboxylic acids is 1.